The minimum Gasteiger partial charge on any atom is -0.457 e. The van der Waals surface area contributed by atoms with E-state index in [-0.39, 0.29) is 18.1 Å². The number of anilines is 1. The molecular formula is C20H21Cl2NO2. The molecule has 0 spiro atoms. The van der Waals surface area contributed by atoms with Crippen molar-refractivity contribution in [3.05, 3.63) is 63.1 Å². The molecule has 1 N–H and O–H groups in total. The molecule has 25 heavy (non-hydrogen) atoms. The van der Waals surface area contributed by atoms with Crippen LogP contribution in [-0.4, -0.2) is 5.97 Å². The van der Waals surface area contributed by atoms with Gasteiger partial charge in [-0.3, -0.25) is 4.79 Å². The first-order valence-corrected chi connectivity index (χ1v) is 8.95. The third kappa shape index (κ3) is 3.36. The molecule has 0 bridgehead atoms. The van der Waals surface area contributed by atoms with Crippen molar-refractivity contribution >= 4 is 34.9 Å². The van der Waals surface area contributed by atoms with Gasteiger partial charge >= 0.3 is 5.97 Å². The summed E-state index contributed by atoms with van der Waals surface area (Å²) in [6, 6.07) is 11.5. The molecule has 1 aliphatic rings. The van der Waals surface area contributed by atoms with E-state index in [0.717, 1.165) is 22.4 Å². The van der Waals surface area contributed by atoms with E-state index in [9.17, 15) is 4.79 Å². The van der Waals surface area contributed by atoms with Crippen molar-refractivity contribution in [2.75, 3.05) is 5.32 Å². The number of hydrogen-bond donors (Lipinski definition) is 1. The van der Waals surface area contributed by atoms with Crippen molar-refractivity contribution in [1.82, 2.24) is 0 Å². The number of carbonyl (C=O) groups is 1. The van der Waals surface area contributed by atoms with Gasteiger partial charge in [0.15, 0.2) is 0 Å². The number of hydrogen-bond acceptors (Lipinski definition) is 3. The van der Waals surface area contributed by atoms with E-state index in [1.807, 2.05) is 31.2 Å². The molecule has 1 heterocycles. The number of benzene rings is 2. The molecule has 2 aromatic carbocycles. The molecule has 0 aliphatic carbocycles. The summed E-state index contributed by atoms with van der Waals surface area (Å²) in [4.78, 5) is 11.8. The normalized spacial score (nSPS) is 21.2. The van der Waals surface area contributed by atoms with Crippen molar-refractivity contribution in [3.63, 3.8) is 0 Å². The first kappa shape index (κ1) is 18.1. The second-order valence-corrected chi connectivity index (χ2v) is 7.99. The number of esters is 1. The summed E-state index contributed by atoms with van der Waals surface area (Å²) >= 11 is 12.5. The fraction of sp³-hybridized carbons (Fsp3) is 0.350. The first-order chi connectivity index (χ1) is 11.7. The molecule has 0 radical (unpaired) electrons. The zero-order valence-electron chi connectivity index (χ0n) is 14.7. The van der Waals surface area contributed by atoms with Gasteiger partial charge in [-0.05, 0) is 30.7 Å². The maximum atomic E-state index is 11.8. The summed E-state index contributed by atoms with van der Waals surface area (Å²) in [5.41, 5.74) is 3.58. The summed E-state index contributed by atoms with van der Waals surface area (Å²) in [6.45, 7) is 7.63. The Morgan fingerprint density at radius 2 is 1.84 bits per heavy atom. The van der Waals surface area contributed by atoms with Crippen LogP contribution in [0.15, 0.2) is 36.4 Å². The fourth-order valence-electron chi connectivity index (χ4n) is 3.52. The van der Waals surface area contributed by atoms with Gasteiger partial charge in [0.05, 0.1) is 6.04 Å². The standard InChI is InChI=1S/C20H21Cl2NO2/c1-11-5-8-17-15(9-11)19(25-12(2)24)20(3,4)18(23-17)14-7-6-13(21)10-16(14)22/h5-10,18-19,23H,1-4H3/t18-,19-/m0/s1. The minimum absolute atomic E-state index is 0.128. The molecule has 5 heteroatoms. The quantitative estimate of drug-likeness (QED) is 0.642. The Hall–Kier alpha value is -1.71. The Kier molecular flexibility index (Phi) is 4.74. The van der Waals surface area contributed by atoms with E-state index in [4.69, 9.17) is 27.9 Å². The van der Waals surface area contributed by atoms with Crippen molar-refractivity contribution in [1.29, 1.82) is 0 Å². The number of carbonyl (C=O) groups excluding carboxylic acids is 1. The Morgan fingerprint density at radius 1 is 1.12 bits per heavy atom. The number of fused-ring (bicyclic) bond motifs is 1. The summed E-state index contributed by atoms with van der Waals surface area (Å²) < 4.78 is 5.76. The van der Waals surface area contributed by atoms with Crippen LogP contribution in [0, 0.1) is 12.3 Å². The zero-order chi connectivity index (χ0) is 18.4. The van der Waals surface area contributed by atoms with E-state index >= 15 is 0 Å². The lowest BCUT2D eigenvalue weighted by Crippen LogP contribution is -2.40. The summed E-state index contributed by atoms with van der Waals surface area (Å²) in [6.07, 6.45) is -0.377. The zero-order valence-corrected chi connectivity index (χ0v) is 16.2. The van der Waals surface area contributed by atoms with Crippen LogP contribution in [0.5, 0.6) is 0 Å². The first-order valence-electron chi connectivity index (χ1n) is 8.19. The predicted molar refractivity (Wildman–Crippen MR) is 102 cm³/mol. The van der Waals surface area contributed by atoms with Crippen LogP contribution < -0.4 is 5.32 Å². The average Bonchev–Trinajstić information content (AvgIpc) is 2.51. The summed E-state index contributed by atoms with van der Waals surface area (Å²) in [5, 5.41) is 4.76. The van der Waals surface area contributed by atoms with Gasteiger partial charge in [-0.2, -0.15) is 0 Å². The van der Waals surface area contributed by atoms with Gasteiger partial charge in [-0.15, -0.1) is 0 Å². The van der Waals surface area contributed by atoms with E-state index in [1.165, 1.54) is 6.92 Å². The molecule has 0 unspecified atom stereocenters. The highest BCUT2D eigenvalue weighted by Gasteiger charge is 2.46. The highest BCUT2D eigenvalue weighted by atomic mass is 35.5. The number of ether oxygens (including phenoxy) is 1. The number of rotatable bonds is 2. The average molecular weight is 378 g/mol. The van der Waals surface area contributed by atoms with Crippen LogP contribution in [0.3, 0.4) is 0 Å². The maximum absolute atomic E-state index is 11.8. The van der Waals surface area contributed by atoms with Crippen LogP contribution in [0.2, 0.25) is 10.0 Å². The summed E-state index contributed by atoms with van der Waals surface area (Å²) in [5.74, 6) is -0.298. The molecule has 3 nitrogen and oxygen atoms in total. The van der Waals surface area contributed by atoms with E-state index in [1.54, 1.807) is 6.07 Å². The molecule has 0 saturated heterocycles. The van der Waals surface area contributed by atoms with Crippen molar-refractivity contribution in [2.45, 2.75) is 39.8 Å². The third-order valence-corrected chi connectivity index (χ3v) is 5.33. The van der Waals surface area contributed by atoms with Gasteiger partial charge in [0, 0.05) is 33.6 Å². The fourth-order valence-corrected chi connectivity index (χ4v) is 4.04. The smallest absolute Gasteiger partial charge is 0.303 e. The third-order valence-electron chi connectivity index (χ3n) is 4.77. The lowest BCUT2D eigenvalue weighted by molar-refractivity contribution is -0.154. The van der Waals surface area contributed by atoms with Crippen LogP contribution in [0.4, 0.5) is 5.69 Å². The van der Waals surface area contributed by atoms with Crippen LogP contribution in [0.25, 0.3) is 0 Å². The molecule has 2 atom stereocenters. The van der Waals surface area contributed by atoms with Crippen LogP contribution >= 0.6 is 23.2 Å². The maximum Gasteiger partial charge on any atom is 0.303 e. The highest BCUT2D eigenvalue weighted by Crippen LogP contribution is 2.54. The molecule has 0 fully saturated rings. The van der Waals surface area contributed by atoms with E-state index in [0.29, 0.717) is 10.0 Å². The van der Waals surface area contributed by atoms with Gasteiger partial charge < -0.3 is 10.1 Å². The van der Waals surface area contributed by atoms with Gasteiger partial charge in [-0.25, -0.2) is 0 Å². The van der Waals surface area contributed by atoms with Gasteiger partial charge in [0.1, 0.15) is 6.10 Å². The molecule has 1 aliphatic heterocycles. The van der Waals surface area contributed by atoms with Crippen molar-refractivity contribution < 1.29 is 9.53 Å². The lowest BCUT2D eigenvalue weighted by Gasteiger charge is -2.46. The van der Waals surface area contributed by atoms with Gasteiger partial charge in [0.25, 0.3) is 0 Å². The molecule has 0 saturated carbocycles. The Labute approximate surface area is 158 Å². The molecule has 2 aromatic rings. The lowest BCUT2D eigenvalue weighted by atomic mass is 9.70. The Morgan fingerprint density at radius 3 is 2.48 bits per heavy atom. The van der Waals surface area contributed by atoms with Crippen LogP contribution in [-0.2, 0) is 9.53 Å². The minimum atomic E-state index is -0.413. The summed E-state index contributed by atoms with van der Waals surface area (Å²) in [7, 11) is 0. The van der Waals surface area contributed by atoms with E-state index in [2.05, 4.69) is 25.2 Å². The van der Waals surface area contributed by atoms with Crippen LogP contribution in [0.1, 0.15) is 49.6 Å². The van der Waals surface area contributed by atoms with Gasteiger partial charge in [-0.1, -0.05) is 60.8 Å². The molecule has 0 aromatic heterocycles. The molecule has 3 rings (SSSR count). The second kappa shape index (κ2) is 6.54. The monoisotopic (exact) mass is 377 g/mol. The Balaban J connectivity index is 2.15. The largest absolute Gasteiger partial charge is 0.457 e. The predicted octanol–water partition coefficient (Wildman–Crippen LogP) is 6.10. The molecular weight excluding hydrogens is 357 g/mol. The molecule has 0 amide bonds. The highest BCUT2D eigenvalue weighted by molar-refractivity contribution is 6.35. The second-order valence-electron chi connectivity index (χ2n) is 7.14. The topological polar surface area (TPSA) is 38.3 Å². The molecule has 132 valence electrons. The van der Waals surface area contributed by atoms with Gasteiger partial charge in [0.2, 0.25) is 0 Å². The SMILES string of the molecule is CC(=O)O[C@H]1c2cc(C)ccc2N[C@@H](c2ccc(Cl)cc2Cl)C1(C)C. The van der Waals surface area contributed by atoms with Crippen molar-refractivity contribution in [3.8, 4) is 0 Å². The number of nitrogens with one attached hydrogen (secondary N) is 1. The number of aryl methyl sites for hydroxylation is 1. The number of halogens is 2. The van der Waals surface area contributed by atoms with Crippen molar-refractivity contribution in [2.24, 2.45) is 5.41 Å². The Bertz CT molecular complexity index is 832. The van der Waals surface area contributed by atoms with E-state index < -0.39 is 5.41 Å².